The van der Waals surface area contributed by atoms with E-state index in [-0.39, 0.29) is 29.0 Å². The minimum atomic E-state index is -0.659. The van der Waals surface area contributed by atoms with Crippen LogP contribution in [0, 0.1) is 5.82 Å². The number of nitrogens with zero attached hydrogens (tertiary/aromatic N) is 2. The molecule has 3 rings (SSSR count). The number of carbonyl (C=O) groups excluding carboxylic acids is 1. The van der Waals surface area contributed by atoms with E-state index in [1.807, 2.05) is 20.8 Å². The highest BCUT2D eigenvalue weighted by atomic mass is 19.1. The number of amides is 1. The molecule has 0 aliphatic rings. The van der Waals surface area contributed by atoms with Gasteiger partial charge in [-0.15, -0.1) is 0 Å². The third kappa shape index (κ3) is 3.96. The first-order chi connectivity index (χ1) is 13.6. The summed E-state index contributed by atoms with van der Waals surface area (Å²) in [4.78, 5) is 43.8. The van der Waals surface area contributed by atoms with Gasteiger partial charge in [-0.3, -0.25) is 19.1 Å². The molecule has 0 radical (unpaired) electrons. The lowest BCUT2D eigenvalue weighted by molar-refractivity contribution is 0.0947. The molecule has 2 N–H and O–H groups in total. The van der Waals surface area contributed by atoms with Gasteiger partial charge < -0.3 is 5.32 Å². The number of nitrogens with one attached hydrogen (secondary N) is 2. The Kier molecular flexibility index (Phi) is 5.37. The van der Waals surface area contributed by atoms with Crippen LogP contribution >= 0.6 is 0 Å². The summed E-state index contributed by atoms with van der Waals surface area (Å²) in [6, 6.07) is 7.78. The monoisotopic (exact) mass is 398 g/mol. The number of rotatable bonds is 5. The average Bonchev–Trinajstić information content (AvgIpc) is 2.69. The molecule has 0 aliphatic heterocycles. The highest BCUT2D eigenvalue weighted by Crippen LogP contribution is 2.23. The number of carbonyl (C=O) groups is 1. The first-order valence-electron chi connectivity index (χ1n) is 9.31. The molecule has 2 aromatic heterocycles. The Balaban J connectivity index is 2.00. The normalized spacial score (nSPS) is 11.6. The molecule has 7 nitrogen and oxygen atoms in total. The molecule has 0 saturated carbocycles. The molecular weight excluding hydrogens is 375 g/mol. The minimum Gasteiger partial charge on any atom is -0.351 e. The molecule has 0 saturated heterocycles. The van der Waals surface area contributed by atoms with Crippen molar-refractivity contribution in [2.24, 2.45) is 7.05 Å². The summed E-state index contributed by atoms with van der Waals surface area (Å²) in [6.07, 6.45) is 0.534. The summed E-state index contributed by atoms with van der Waals surface area (Å²) in [5, 5.41) is 2.89. The highest BCUT2D eigenvalue weighted by Gasteiger charge is 2.24. The lowest BCUT2D eigenvalue weighted by atomic mass is 9.84. The van der Waals surface area contributed by atoms with Gasteiger partial charge >= 0.3 is 5.69 Å². The van der Waals surface area contributed by atoms with Crippen LogP contribution in [-0.2, 0) is 18.9 Å². The van der Waals surface area contributed by atoms with Crippen LogP contribution in [0.4, 0.5) is 4.39 Å². The average molecular weight is 398 g/mol. The molecule has 0 bridgehead atoms. The molecule has 0 fully saturated rings. The molecule has 152 valence electrons. The second-order valence-electron chi connectivity index (χ2n) is 7.61. The SMILES string of the molecule is CCc1cc(C(=O)NCC(C)(C)c2cccc(F)c2)c2c(=O)[nH]c(=O)n(C)c2n1. The second-order valence-corrected chi connectivity index (χ2v) is 7.61. The Hall–Kier alpha value is -3.29. The Morgan fingerprint density at radius 2 is 2.00 bits per heavy atom. The van der Waals surface area contributed by atoms with Crippen LogP contribution < -0.4 is 16.6 Å². The second kappa shape index (κ2) is 7.62. The van der Waals surface area contributed by atoms with Gasteiger partial charge in [0.25, 0.3) is 11.5 Å². The van der Waals surface area contributed by atoms with Crippen molar-refractivity contribution >= 4 is 16.9 Å². The van der Waals surface area contributed by atoms with Crippen LogP contribution in [0.3, 0.4) is 0 Å². The molecule has 0 atom stereocenters. The van der Waals surface area contributed by atoms with Gasteiger partial charge in [0, 0.05) is 24.7 Å². The lowest BCUT2D eigenvalue weighted by Gasteiger charge is -2.26. The quantitative estimate of drug-likeness (QED) is 0.687. The van der Waals surface area contributed by atoms with Crippen molar-refractivity contribution in [2.75, 3.05) is 6.54 Å². The summed E-state index contributed by atoms with van der Waals surface area (Å²) in [5.74, 6) is -0.803. The van der Waals surface area contributed by atoms with E-state index in [2.05, 4.69) is 15.3 Å². The Bertz CT molecular complexity index is 1210. The van der Waals surface area contributed by atoms with Crippen molar-refractivity contribution in [2.45, 2.75) is 32.6 Å². The number of fused-ring (bicyclic) bond motifs is 1. The number of hydrogen-bond acceptors (Lipinski definition) is 4. The fourth-order valence-corrected chi connectivity index (χ4v) is 3.16. The minimum absolute atomic E-state index is 0.0605. The first-order valence-corrected chi connectivity index (χ1v) is 9.31. The highest BCUT2D eigenvalue weighted by molar-refractivity contribution is 6.05. The van der Waals surface area contributed by atoms with Crippen molar-refractivity contribution in [1.82, 2.24) is 19.9 Å². The fourth-order valence-electron chi connectivity index (χ4n) is 3.16. The predicted molar refractivity (Wildman–Crippen MR) is 109 cm³/mol. The van der Waals surface area contributed by atoms with Gasteiger partial charge in [-0.05, 0) is 30.2 Å². The maximum atomic E-state index is 13.6. The van der Waals surface area contributed by atoms with E-state index in [0.29, 0.717) is 12.1 Å². The van der Waals surface area contributed by atoms with Crippen LogP contribution in [0.5, 0.6) is 0 Å². The number of benzene rings is 1. The van der Waals surface area contributed by atoms with Gasteiger partial charge in [0.1, 0.15) is 11.5 Å². The molecule has 0 unspecified atom stereocenters. The van der Waals surface area contributed by atoms with E-state index < -0.39 is 22.6 Å². The smallest absolute Gasteiger partial charge is 0.329 e. The van der Waals surface area contributed by atoms with Crippen molar-refractivity contribution in [1.29, 1.82) is 0 Å². The molecular formula is C21H23FN4O3. The zero-order valence-corrected chi connectivity index (χ0v) is 16.8. The third-order valence-corrected chi connectivity index (χ3v) is 5.03. The van der Waals surface area contributed by atoms with Crippen molar-refractivity contribution in [3.05, 3.63) is 73.8 Å². The summed E-state index contributed by atoms with van der Waals surface area (Å²) in [7, 11) is 1.49. The van der Waals surface area contributed by atoms with Gasteiger partial charge in [-0.25, -0.2) is 14.2 Å². The van der Waals surface area contributed by atoms with Gasteiger partial charge in [0.05, 0.1) is 10.9 Å². The van der Waals surface area contributed by atoms with E-state index in [0.717, 1.165) is 5.56 Å². The van der Waals surface area contributed by atoms with Crippen molar-refractivity contribution in [3.8, 4) is 0 Å². The number of aryl methyl sites for hydroxylation is 2. The van der Waals surface area contributed by atoms with Gasteiger partial charge in [-0.2, -0.15) is 0 Å². The zero-order valence-electron chi connectivity index (χ0n) is 16.8. The topological polar surface area (TPSA) is 96.9 Å². The van der Waals surface area contributed by atoms with E-state index in [1.165, 1.54) is 23.7 Å². The first kappa shape index (κ1) is 20.4. The molecule has 8 heteroatoms. The van der Waals surface area contributed by atoms with Crippen LogP contribution in [0.25, 0.3) is 11.0 Å². The zero-order chi connectivity index (χ0) is 21.3. The molecule has 1 aromatic carbocycles. The number of hydrogen-bond donors (Lipinski definition) is 2. The molecule has 1 amide bonds. The molecule has 29 heavy (non-hydrogen) atoms. The number of halogens is 1. The van der Waals surface area contributed by atoms with E-state index >= 15 is 0 Å². The van der Waals surface area contributed by atoms with E-state index in [9.17, 15) is 18.8 Å². The van der Waals surface area contributed by atoms with Gasteiger partial charge in [-0.1, -0.05) is 32.9 Å². The molecule has 2 heterocycles. The molecule has 0 spiro atoms. The predicted octanol–water partition coefficient (Wildman–Crippen LogP) is 2.03. The van der Waals surface area contributed by atoms with E-state index in [4.69, 9.17) is 0 Å². The van der Waals surface area contributed by atoms with Crippen molar-refractivity contribution in [3.63, 3.8) is 0 Å². The maximum Gasteiger partial charge on any atom is 0.329 e. The van der Waals surface area contributed by atoms with Crippen LogP contribution in [0.2, 0.25) is 0 Å². The van der Waals surface area contributed by atoms with Crippen LogP contribution in [0.1, 0.15) is 42.4 Å². The molecule has 3 aromatic rings. The number of aromatic nitrogens is 3. The lowest BCUT2D eigenvalue weighted by Crippen LogP contribution is -2.38. The Labute approximate surface area is 166 Å². The van der Waals surface area contributed by atoms with Crippen molar-refractivity contribution < 1.29 is 9.18 Å². The Morgan fingerprint density at radius 3 is 2.66 bits per heavy atom. The Morgan fingerprint density at radius 1 is 1.28 bits per heavy atom. The summed E-state index contributed by atoms with van der Waals surface area (Å²) in [6.45, 7) is 5.87. The third-order valence-electron chi connectivity index (χ3n) is 5.03. The number of H-pyrrole nitrogens is 1. The van der Waals surface area contributed by atoms with Gasteiger partial charge in [0.15, 0.2) is 0 Å². The van der Waals surface area contributed by atoms with Crippen LogP contribution in [0.15, 0.2) is 39.9 Å². The number of aromatic amines is 1. The fraction of sp³-hybridized carbons (Fsp3) is 0.333. The number of pyridine rings is 1. The van der Waals surface area contributed by atoms with Crippen LogP contribution in [-0.4, -0.2) is 27.0 Å². The standard InChI is InChI=1S/C21H23FN4O3/c1-5-14-10-15(16-17(24-14)26(4)20(29)25-19(16)28)18(27)23-11-21(2,3)12-7-6-8-13(22)9-12/h6-10H,5,11H2,1-4H3,(H,23,27)(H,25,28,29). The van der Waals surface area contributed by atoms with E-state index in [1.54, 1.807) is 18.2 Å². The maximum absolute atomic E-state index is 13.6. The molecule has 0 aliphatic carbocycles. The summed E-state index contributed by atoms with van der Waals surface area (Å²) in [5.41, 5.74) is -0.145. The summed E-state index contributed by atoms with van der Waals surface area (Å²) >= 11 is 0. The summed E-state index contributed by atoms with van der Waals surface area (Å²) < 4.78 is 14.8. The van der Waals surface area contributed by atoms with Gasteiger partial charge in [0.2, 0.25) is 0 Å². The largest absolute Gasteiger partial charge is 0.351 e.